The SMILES string of the molecule is CC(C)CC(C)(O)CC(C)C.P. The van der Waals surface area contributed by atoms with Gasteiger partial charge >= 0.3 is 0 Å². The summed E-state index contributed by atoms with van der Waals surface area (Å²) in [4.78, 5) is 0. The maximum Gasteiger partial charge on any atom is 0.0624 e. The molecule has 0 saturated heterocycles. The predicted octanol–water partition coefficient (Wildman–Crippen LogP) is 2.89. The molecule has 0 fully saturated rings. The molecule has 0 bridgehead atoms. The van der Waals surface area contributed by atoms with Gasteiger partial charge in [-0.25, -0.2) is 0 Å². The van der Waals surface area contributed by atoms with Crippen LogP contribution in [0.25, 0.3) is 0 Å². The van der Waals surface area contributed by atoms with Crippen molar-refractivity contribution in [2.24, 2.45) is 11.8 Å². The molecule has 0 radical (unpaired) electrons. The van der Waals surface area contributed by atoms with Crippen LogP contribution in [0, 0.1) is 11.8 Å². The first-order valence-electron chi connectivity index (χ1n) is 4.56. The van der Waals surface area contributed by atoms with Gasteiger partial charge in [0.1, 0.15) is 0 Å². The van der Waals surface area contributed by atoms with Gasteiger partial charge in [-0.15, -0.1) is 0 Å². The van der Waals surface area contributed by atoms with Crippen molar-refractivity contribution in [3.63, 3.8) is 0 Å². The van der Waals surface area contributed by atoms with E-state index in [-0.39, 0.29) is 9.90 Å². The van der Waals surface area contributed by atoms with Gasteiger partial charge in [0.25, 0.3) is 0 Å². The summed E-state index contributed by atoms with van der Waals surface area (Å²) in [5, 5.41) is 9.86. The second-order valence-corrected chi connectivity index (χ2v) is 4.69. The van der Waals surface area contributed by atoms with Gasteiger partial charge < -0.3 is 5.11 Å². The molecule has 12 heavy (non-hydrogen) atoms. The lowest BCUT2D eigenvalue weighted by Crippen LogP contribution is -2.28. The molecule has 0 amide bonds. The summed E-state index contributed by atoms with van der Waals surface area (Å²) >= 11 is 0. The lowest BCUT2D eigenvalue weighted by molar-refractivity contribution is 0.0186. The van der Waals surface area contributed by atoms with Crippen LogP contribution in [0.5, 0.6) is 0 Å². The molecule has 76 valence electrons. The Morgan fingerprint density at radius 1 is 1.00 bits per heavy atom. The van der Waals surface area contributed by atoms with Gasteiger partial charge in [0, 0.05) is 0 Å². The molecule has 0 aromatic rings. The quantitative estimate of drug-likeness (QED) is 0.679. The smallest absolute Gasteiger partial charge is 0.0624 e. The van der Waals surface area contributed by atoms with Crippen LogP contribution in [-0.2, 0) is 0 Å². The lowest BCUT2D eigenvalue weighted by Gasteiger charge is -2.26. The predicted molar refractivity (Wildman–Crippen MR) is 60.6 cm³/mol. The van der Waals surface area contributed by atoms with Gasteiger partial charge in [-0.1, -0.05) is 27.7 Å². The molecule has 0 heterocycles. The second kappa shape index (κ2) is 5.94. The van der Waals surface area contributed by atoms with E-state index in [1.807, 2.05) is 6.92 Å². The zero-order valence-electron chi connectivity index (χ0n) is 9.22. The fraction of sp³-hybridized carbons (Fsp3) is 1.00. The second-order valence-electron chi connectivity index (χ2n) is 4.69. The van der Waals surface area contributed by atoms with Crippen LogP contribution in [0.4, 0.5) is 0 Å². The highest BCUT2D eigenvalue weighted by atomic mass is 31.0. The van der Waals surface area contributed by atoms with Crippen molar-refractivity contribution in [2.45, 2.75) is 53.1 Å². The van der Waals surface area contributed by atoms with E-state index in [1.54, 1.807) is 0 Å². The van der Waals surface area contributed by atoms with Crippen LogP contribution in [0.2, 0.25) is 0 Å². The summed E-state index contributed by atoms with van der Waals surface area (Å²) in [6, 6.07) is 0. The molecule has 1 nitrogen and oxygen atoms in total. The van der Waals surface area contributed by atoms with Crippen molar-refractivity contribution >= 4 is 9.90 Å². The van der Waals surface area contributed by atoms with E-state index in [9.17, 15) is 5.11 Å². The monoisotopic (exact) mass is 192 g/mol. The Bertz CT molecular complexity index is 96.4. The summed E-state index contributed by atoms with van der Waals surface area (Å²) in [7, 11) is 0. The highest BCUT2D eigenvalue weighted by molar-refractivity contribution is 6.92. The largest absolute Gasteiger partial charge is 0.390 e. The molecule has 0 aliphatic heterocycles. The average Bonchev–Trinajstić information content (AvgIpc) is 1.53. The minimum Gasteiger partial charge on any atom is -0.390 e. The Morgan fingerprint density at radius 2 is 1.25 bits per heavy atom. The van der Waals surface area contributed by atoms with Crippen molar-refractivity contribution in [2.75, 3.05) is 0 Å². The molecule has 1 atom stereocenters. The molecule has 0 aromatic heterocycles. The number of hydrogen-bond acceptors (Lipinski definition) is 1. The fourth-order valence-corrected chi connectivity index (χ4v) is 1.84. The Balaban J connectivity index is 0. The van der Waals surface area contributed by atoms with Crippen molar-refractivity contribution in [3.05, 3.63) is 0 Å². The van der Waals surface area contributed by atoms with Crippen molar-refractivity contribution in [3.8, 4) is 0 Å². The molecule has 0 saturated carbocycles. The van der Waals surface area contributed by atoms with Crippen LogP contribution < -0.4 is 0 Å². The average molecular weight is 192 g/mol. The maximum absolute atomic E-state index is 9.86. The third kappa shape index (κ3) is 8.49. The Hall–Kier alpha value is 0.390. The van der Waals surface area contributed by atoms with E-state index in [1.165, 1.54) is 0 Å². The highest BCUT2D eigenvalue weighted by Gasteiger charge is 2.22. The van der Waals surface area contributed by atoms with E-state index in [4.69, 9.17) is 0 Å². The van der Waals surface area contributed by atoms with E-state index in [0.717, 1.165) is 12.8 Å². The van der Waals surface area contributed by atoms with E-state index < -0.39 is 5.60 Å². The molecule has 0 rings (SSSR count). The summed E-state index contributed by atoms with van der Waals surface area (Å²) in [6.45, 7) is 10.5. The van der Waals surface area contributed by atoms with E-state index >= 15 is 0 Å². The minimum absolute atomic E-state index is 0. The van der Waals surface area contributed by atoms with Gasteiger partial charge in [0.15, 0.2) is 0 Å². The molecular weight excluding hydrogens is 167 g/mol. The van der Waals surface area contributed by atoms with Crippen LogP contribution >= 0.6 is 9.90 Å². The van der Waals surface area contributed by atoms with Gasteiger partial charge in [-0.05, 0) is 31.6 Å². The third-order valence-electron chi connectivity index (χ3n) is 1.70. The molecule has 0 aromatic carbocycles. The van der Waals surface area contributed by atoms with E-state index in [2.05, 4.69) is 27.7 Å². The van der Waals surface area contributed by atoms with Crippen molar-refractivity contribution < 1.29 is 5.11 Å². The first kappa shape index (κ1) is 14.9. The topological polar surface area (TPSA) is 20.2 Å². The van der Waals surface area contributed by atoms with Gasteiger partial charge in [0.2, 0.25) is 0 Å². The Morgan fingerprint density at radius 3 is 1.42 bits per heavy atom. The molecule has 0 aliphatic carbocycles. The first-order valence-corrected chi connectivity index (χ1v) is 4.56. The number of aliphatic hydroxyl groups is 1. The maximum atomic E-state index is 9.86. The molecule has 1 unspecified atom stereocenters. The van der Waals surface area contributed by atoms with Crippen LogP contribution in [0.3, 0.4) is 0 Å². The first-order chi connectivity index (χ1) is 4.83. The standard InChI is InChI=1S/C10H22O.H3P/c1-8(2)6-10(5,11)7-9(3)4;/h8-9,11H,6-7H2,1-5H3;1H3. The van der Waals surface area contributed by atoms with Gasteiger partial charge in [0.05, 0.1) is 5.60 Å². The summed E-state index contributed by atoms with van der Waals surface area (Å²) < 4.78 is 0. The summed E-state index contributed by atoms with van der Waals surface area (Å²) in [6.07, 6.45) is 1.82. The molecule has 0 aliphatic rings. The van der Waals surface area contributed by atoms with Gasteiger partial charge in [-0.3, -0.25) is 0 Å². The Labute approximate surface area is 80.6 Å². The molecule has 0 spiro atoms. The third-order valence-corrected chi connectivity index (χ3v) is 1.70. The highest BCUT2D eigenvalue weighted by Crippen LogP contribution is 2.23. The Kier molecular flexibility index (Phi) is 7.37. The zero-order valence-corrected chi connectivity index (χ0v) is 10.6. The van der Waals surface area contributed by atoms with Crippen LogP contribution in [0.1, 0.15) is 47.5 Å². The zero-order chi connectivity index (χ0) is 9.07. The molecule has 1 N–H and O–H groups in total. The lowest BCUT2D eigenvalue weighted by atomic mass is 9.87. The number of rotatable bonds is 4. The van der Waals surface area contributed by atoms with Crippen molar-refractivity contribution in [1.82, 2.24) is 0 Å². The number of hydrogen-bond donors (Lipinski definition) is 1. The van der Waals surface area contributed by atoms with Crippen LogP contribution in [0.15, 0.2) is 0 Å². The van der Waals surface area contributed by atoms with E-state index in [0.29, 0.717) is 11.8 Å². The van der Waals surface area contributed by atoms with Crippen LogP contribution in [-0.4, -0.2) is 10.7 Å². The minimum atomic E-state index is -0.456. The van der Waals surface area contributed by atoms with Gasteiger partial charge in [-0.2, -0.15) is 9.90 Å². The van der Waals surface area contributed by atoms with Crippen molar-refractivity contribution in [1.29, 1.82) is 0 Å². The fourth-order valence-electron chi connectivity index (χ4n) is 1.84. The normalized spacial score (nSPS) is 12.0. The molecule has 2 heteroatoms. The molecular formula is C10H25OP. The summed E-state index contributed by atoms with van der Waals surface area (Å²) in [5.74, 6) is 1.17. The summed E-state index contributed by atoms with van der Waals surface area (Å²) in [5.41, 5.74) is -0.456.